The summed E-state index contributed by atoms with van der Waals surface area (Å²) < 4.78 is 47.1. The fourth-order valence-electron chi connectivity index (χ4n) is 16.6. The van der Waals surface area contributed by atoms with Gasteiger partial charge in [0.1, 0.15) is 59.5 Å². The molecule has 10 heterocycles. The second-order valence-electron chi connectivity index (χ2n) is 33.5. The highest BCUT2D eigenvalue weighted by Crippen LogP contribution is 2.35. The van der Waals surface area contributed by atoms with E-state index in [1.54, 1.807) is 50.5 Å². The number of unbranched alkanes of at least 4 members (excludes halogenated alkanes) is 1. The zero-order chi connectivity index (χ0) is 88.6. The second-order valence-corrected chi connectivity index (χ2v) is 33.5. The maximum atomic E-state index is 14.5. The van der Waals surface area contributed by atoms with Crippen molar-refractivity contribution < 1.29 is 81.4 Å². The fraction of sp³-hybridized carbons (Fsp3) is 0.604. The number of nitrogens with zero attached hydrogens (tertiary/aromatic N) is 11. The van der Waals surface area contributed by atoms with E-state index in [1.165, 1.54) is 23.6 Å². The van der Waals surface area contributed by atoms with Gasteiger partial charge in [-0.1, -0.05) is 57.2 Å². The third kappa shape index (κ3) is 28.8. The SMILES string of the molecule is CO[C@H]1CC2CCCC(O2)C(=O)C(=O)N2CCCC[C@H]2C(=O)O[C@H](CCC2CCC(OC(=O)N3CCc4nc(N5CCN(c6ncc(C(=O)NCCOCCOCCOCCOCCC(=O)NCCCCNc7ncnc(N)c7C(=N)c7cnc8[nH]ccc8c7)cn6)CC5)ncc4C3)CC2)CC(=O)[C@H](C)/C=C(\C)[C@@H](O)CC(=O)[C@H](C)C[C@H](C)/C=C/C=CC=C1C. The number of carbonyl (C=O) groups excluding carboxylic acids is 8. The van der Waals surface area contributed by atoms with E-state index in [0.717, 1.165) is 53.5 Å². The molecule has 5 aliphatic heterocycles. The molecule has 678 valence electrons. The molecule has 2 unspecified atom stereocenters. The number of methoxy groups -OCH3 is 1. The van der Waals surface area contributed by atoms with Gasteiger partial charge in [-0.25, -0.2) is 44.5 Å². The van der Waals surface area contributed by atoms with Gasteiger partial charge in [0.15, 0.2) is 0 Å². The van der Waals surface area contributed by atoms with Crippen LogP contribution >= 0.6 is 0 Å². The molecule has 1 aliphatic carbocycles. The maximum absolute atomic E-state index is 14.5. The maximum Gasteiger partial charge on any atom is 0.410 e. The zero-order valence-corrected chi connectivity index (χ0v) is 73.3. The average molecular weight is 1730 g/mol. The van der Waals surface area contributed by atoms with Crippen molar-refractivity contribution in [1.29, 1.82) is 5.41 Å². The highest BCUT2D eigenvalue weighted by atomic mass is 16.6. The lowest BCUT2D eigenvalue weighted by Gasteiger charge is -2.36. The number of piperazine rings is 1. The topological polar surface area (TPSA) is 436 Å². The number of allylic oxidation sites excluding steroid dienone is 6. The van der Waals surface area contributed by atoms with Crippen LogP contribution in [-0.2, 0) is 79.6 Å². The molecule has 4 amide bonds. The number of anilines is 4. The Morgan fingerprint density at radius 3 is 2.17 bits per heavy atom. The van der Waals surface area contributed by atoms with Gasteiger partial charge in [-0.3, -0.25) is 34.2 Å². The van der Waals surface area contributed by atoms with Gasteiger partial charge in [0.05, 0.1) is 100 Å². The van der Waals surface area contributed by atoms with Gasteiger partial charge in [-0.2, -0.15) is 0 Å². The van der Waals surface area contributed by atoms with Crippen LogP contribution < -0.4 is 31.5 Å². The molecule has 5 aromatic rings. The van der Waals surface area contributed by atoms with Crippen molar-refractivity contribution in [3.63, 3.8) is 0 Å². The summed E-state index contributed by atoms with van der Waals surface area (Å²) in [6.07, 6.45) is 26.9. The number of esters is 1. The van der Waals surface area contributed by atoms with E-state index in [0.29, 0.717) is 215 Å². The number of aromatic amines is 1. The van der Waals surface area contributed by atoms with E-state index in [-0.39, 0.29) is 117 Å². The number of ether oxygens (including phenoxy) is 8. The number of pyridine rings is 1. The molecule has 34 nitrogen and oxygen atoms in total. The second kappa shape index (κ2) is 48.9. The number of aromatic nitrogens is 8. The van der Waals surface area contributed by atoms with E-state index in [4.69, 9.17) is 59.0 Å². The number of carbonyl (C=O) groups is 8. The predicted octanol–water partition coefficient (Wildman–Crippen LogP) is 9.09. The highest BCUT2D eigenvalue weighted by Gasteiger charge is 2.42. The van der Waals surface area contributed by atoms with Crippen LogP contribution in [0.1, 0.15) is 189 Å². The molecule has 6 aliphatic rings. The molecule has 34 heteroatoms. The molecule has 0 radical (unpaired) electrons. The van der Waals surface area contributed by atoms with Crippen LogP contribution in [0.3, 0.4) is 0 Å². The van der Waals surface area contributed by atoms with Gasteiger partial charge < -0.3 is 89.3 Å². The van der Waals surface area contributed by atoms with Crippen LogP contribution in [0.5, 0.6) is 0 Å². The van der Waals surface area contributed by atoms with E-state index in [9.17, 15) is 43.5 Å². The van der Waals surface area contributed by atoms with Crippen LogP contribution in [0.4, 0.5) is 28.3 Å². The van der Waals surface area contributed by atoms with Gasteiger partial charge in [0.25, 0.3) is 11.8 Å². The largest absolute Gasteiger partial charge is 0.460 e. The quantitative estimate of drug-likeness (QED) is 0.00714. The van der Waals surface area contributed by atoms with Gasteiger partial charge in [0.2, 0.25) is 23.6 Å². The molecule has 0 aromatic carbocycles. The standard InChI is InChI=1S/C91H127N17O17/c1-59-15-8-7-9-16-60(2)78(118-6)51-70-17-14-19-77(123-70)82(113)87(115)108-33-13-10-18-73(108)88(116)124-71(50-74(109)62(4)48-63(5)76(111)52-75(110)61(3)47-59)25-22-64-20-23-69(24-21-64)125-91(117)107-34-27-72-68(57-107)56-101-90(104-72)106-37-35-105(36-38-106)89-99-54-67(55-100-89)86(114)97-32-40-120-42-44-122-46-45-121-43-41-119-39-28-79(112)94-29-11-12-30-95-85-80(83(93)102-58-103-85)81(92)66-49-65-26-31-96-84(65)98-53-66/h7-9,15-16,26,31,48-49,53-56,58-59,61-62,64,69-71,73,76-78,92,111H,10-14,17-25,27-30,32-47,50-52,57H2,1-6H3,(H,94,112)(H,96,98)(H,97,114)(H3,93,95,102,103)/b9-7?,15-8+,60-16?,63-48+,92-81?/t59-,61-,62-,64?,69?,70?,71-,73+,76+,77?,78+/m1/s1. The van der Waals surface area contributed by atoms with Crippen LogP contribution in [-0.4, -0.2) is 269 Å². The number of amides is 4. The van der Waals surface area contributed by atoms with Crippen LogP contribution in [0.25, 0.3) is 11.0 Å². The summed E-state index contributed by atoms with van der Waals surface area (Å²) in [5, 5.41) is 30.0. The molecule has 125 heavy (non-hydrogen) atoms. The third-order valence-electron chi connectivity index (χ3n) is 24.1. The smallest absolute Gasteiger partial charge is 0.410 e. The first kappa shape index (κ1) is 95.3. The van der Waals surface area contributed by atoms with Crippen LogP contribution in [0.15, 0.2) is 97.0 Å². The van der Waals surface area contributed by atoms with E-state index in [1.807, 2.05) is 63.3 Å². The first-order chi connectivity index (χ1) is 60.5. The van der Waals surface area contributed by atoms with Crippen LogP contribution in [0, 0.1) is 29.1 Å². The number of ketones is 3. The number of nitrogens with one attached hydrogen (secondary N) is 5. The van der Waals surface area contributed by atoms with Crippen molar-refractivity contribution in [2.24, 2.45) is 23.7 Å². The lowest BCUT2D eigenvalue weighted by molar-refractivity contribution is -0.167. The Bertz CT molecular complexity index is 4540. The predicted molar refractivity (Wildman–Crippen MR) is 469 cm³/mol. The molecule has 5 aromatic heterocycles. The van der Waals surface area contributed by atoms with Crippen LogP contribution in [0.2, 0.25) is 0 Å². The number of hydrogen-bond acceptors (Lipinski definition) is 29. The minimum Gasteiger partial charge on any atom is -0.460 e. The lowest BCUT2D eigenvalue weighted by Crippen LogP contribution is -2.54. The number of hydrogen-bond donors (Lipinski definition) is 7. The van der Waals surface area contributed by atoms with Crippen molar-refractivity contribution in [2.75, 3.05) is 140 Å². The molecular weight excluding hydrogens is 1600 g/mol. The number of rotatable bonds is 31. The molecule has 2 bridgehead atoms. The number of fused-ring (bicyclic) bond motifs is 5. The lowest BCUT2D eigenvalue weighted by atomic mass is 9.83. The summed E-state index contributed by atoms with van der Waals surface area (Å²) in [5.74, 6) is -1.83. The summed E-state index contributed by atoms with van der Waals surface area (Å²) >= 11 is 0. The number of piperidine rings is 1. The highest BCUT2D eigenvalue weighted by molar-refractivity contribution is 6.38. The van der Waals surface area contributed by atoms with Gasteiger partial charge >= 0.3 is 12.1 Å². The van der Waals surface area contributed by atoms with Crippen molar-refractivity contribution in [3.8, 4) is 0 Å². The van der Waals surface area contributed by atoms with Crippen molar-refractivity contribution in [3.05, 3.63) is 125 Å². The molecule has 1 saturated carbocycles. The third-order valence-corrected chi connectivity index (χ3v) is 24.1. The normalized spacial score (nSPS) is 24.4. The minimum absolute atomic E-state index is 0.0777. The molecule has 3 saturated heterocycles. The summed E-state index contributed by atoms with van der Waals surface area (Å²) in [7, 11) is 1.63. The fourth-order valence-corrected chi connectivity index (χ4v) is 16.6. The number of aliphatic hydroxyl groups is 1. The first-order valence-corrected chi connectivity index (χ1v) is 44.6. The Morgan fingerprint density at radius 1 is 0.704 bits per heavy atom. The molecule has 11 rings (SSSR count). The van der Waals surface area contributed by atoms with E-state index in [2.05, 4.69) is 55.7 Å². The Morgan fingerprint density at radius 2 is 1.42 bits per heavy atom. The number of aliphatic hydroxyl groups excluding tert-OH is 1. The summed E-state index contributed by atoms with van der Waals surface area (Å²) in [4.78, 5) is 152. The van der Waals surface area contributed by atoms with Gasteiger partial charge in [0, 0.05) is 157 Å². The Balaban J connectivity index is 0.539. The summed E-state index contributed by atoms with van der Waals surface area (Å²) in [6.45, 7) is 16.7. The average Bonchev–Trinajstić information content (AvgIpc) is 1.76. The Labute approximate surface area is 731 Å². The Hall–Kier alpha value is -10.4. The number of cyclic esters (lactones) is 1. The molecule has 0 spiro atoms. The van der Waals surface area contributed by atoms with Crippen molar-refractivity contribution in [1.82, 2.24) is 60.3 Å². The molecule has 9 atom stereocenters. The molecule has 8 N–H and O–H groups in total. The van der Waals surface area contributed by atoms with Gasteiger partial charge in [-0.15, -0.1) is 0 Å². The number of nitrogen functional groups attached to an aromatic ring is 1. The number of nitrogens with two attached hydrogens (primary N) is 1. The van der Waals surface area contributed by atoms with Crippen molar-refractivity contribution in [2.45, 2.75) is 212 Å². The van der Waals surface area contributed by atoms with E-state index < -0.39 is 54.0 Å². The van der Waals surface area contributed by atoms with Gasteiger partial charge in [-0.05, 0) is 145 Å². The summed E-state index contributed by atoms with van der Waals surface area (Å²) in [5.41, 5.74) is 11.6. The molecular formula is C91H127N17O17. The summed E-state index contributed by atoms with van der Waals surface area (Å²) in [6, 6.07) is 2.72. The van der Waals surface area contributed by atoms with Crippen molar-refractivity contribution >= 4 is 87.4 Å². The zero-order valence-electron chi connectivity index (χ0n) is 73.3. The number of H-pyrrole nitrogens is 1. The first-order valence-electron chi connectivity index (χ1n) is 44.6. The number of Topliss-reactive ketones (excluding diaryl/α,β-unsaturated/α-hetero) is 3. The monoisotopic (exact) mass is 1730 g/mol. The minimum atomic E-state index is -1.09. The Kier molecular flexibility index (Phi) is 37.3. The van der Waals surface area contributed by atoms with E-state index >= 15 is 0 Å². The molecule has 4 fully saturated rings.